The Morgan fingerprint density at radius 3 is 2.70 bits per heavy atom. The Morgan fingerprint density at radius 2 is 2.05 bits per heavy atom. The van der Waals surface area contributed by atoms with E-state index in [1.54, 1.807) is 4.68 Å². The number of aromatic nitrogens is 4. The number of rotatable bonds is 10. The summed E-state index contributed by atoms with van der Waals surface area (Å²) in [4.78, 5) is 13.7. The lowest BCUT2D eigenvalue weighted by molar-refractivity contribution is -0.127. The lowest BCUT2D eigenvalue weighted by Crippen LogP contribution is -2.32. The molecule has 1 aromatic rings. The first-order valence-corrected chi connectivity index (χ1v) is 8.08. The highest BCUT2D eigenvalue weighted by Crippen LogP contribution is 2.14. The number of hydrogen-bond donors (Lipinski definition) is 1. The minimum atomic E-state index is 0.124. The maximum absolute atomic E-state index is 11.9. The molecule has 1 aromatic heterocycles. The molecule has 0 radical (unpaired) electrons. The standard InChI is InChI=1S/C12H24N6OS/c1-4-7-13-8-9-18-12(14-15-16-18)20-10-11(19)17(5-2)6-3/h13H,4-10H2,1-3H3. The molecule has 0 aromatic carbocycles. The molecule has 0 saturated heterocycles. The van der Waals surface area contributed by atoms with Crippen LogP contribution < -0.4 is 5.32 Å². The molecule has 0 bridgehead atoms. The Hall–Kier alpha value is -1.15. The third kappa shape index (κ3) is 5.46. The van der Waals surface area contributed by atoms with Crippen LogP contribution in [0.3, 0.4) is 0 Å². The fraction of sp³-hybridized carbons (Fsp3) is 0.833. The zero-order chi connectivity index (χ0) is 14.8. The minimum absolute atomic E-state index is 0.124. The fourth-order valence-corrected chi connectivity index (χ4v) is 2.53. The number of thioether (sulfide) groups is 1. The molecule has 0 spiro atoms. The summed E-state index contributed by atoms with van der Waals surface area (Å²) in [6.45, 7) is 10.1. The number of carbonyl (C=O) groups excluding carboxylic acids is 1. The highest BCUT2D eigenvalue weighted by atomic mass is 32.2. The van der Waals surface area contributed by atoms with Gasteiger partial charge in [-0.3, -0.25) is 4.79 Å². The lowest BCUT2D eigenvalue weighted by atomic mass is 10.5. The van der Waals surface area contributed by atoms with Crippen molar-refractivity contribution in [2.75, 3.05) is 31.9 Å². The van der Waals surface area contributed by atoms with E-state index in [0.717, 1.165) is 39.1 Å². The summed E-state index contributed by atoms with van der Waals surface area (Å²) in [5.41, 5.74) is 0. The predicted octanol–water partition coefficient (Wildman–Crippen LogP) is 0.633. The summed E-state index contributed by atoms with van der Waals surface area (Å²) >= 11 is 1.39. The van der Waals surface area contributed by atoms with Crippen molar-refractivity contribution >= 4 is 17.7 Å². The van der Waals surface area contributed by atoms with Crippen molar-refractivity contribution in [1.29, 1.82) is 0 Å². The first-order valence-electron chi connectivity index (χ1n) is 7.10. The van der Waals surface area contributed by atoms with Crippen LogP contribution in [0.1, 0.15) is 27.2 Å². The maximum Gasteiger partial charge on any atom is 0.233 e. The quantitative estimate of drug-likeness (QED) is 0.505. The molecule has 1 rings (SSSR count). The molecule has 0 aliphatic heterocycles. The smallest absolute Gasteiger partial charge is 0.233 e. The monoisotopic (exact) mass is 300 g/mol. The molecule has 20 heavy (non-hydrogen) atoms. The number of nitrogens with one attached hydrogen (secondary N) is 1. The number of hydrogen-bond acceptors (Lipinski definition) is 6. The van der Waals surface area contributed by atoms with Crippen LogP contribution in [-0.4, -0.2) is 62.9 Å². The van der Waals surface area contributed by atoms with Crippen LogP contribution in [0.2, 0.25) is 0 Å². The number of amides is 1. The van der Waals surface area contributed by atoms with Crippen molar-refractivity contribution in [3.05, 3.63) is 0 Å². The van der Waals surface area contributed by atoms with Gasteiger partial charge in [0.25, 0.3) is 0 Å². The van der Waals surface area contributed by atoms with Gasteiger partial charge in [-0.25, -0.2) is 4.68 Å². The number of carbonyl (C=O) groups is 1. The fourth-order valence-electron chi connectivity index (χ4n) is 1.72. The molecule has 0 saturated carbocycles. The van der Waals surface area contributed by atoms with Crippen molar-refractivity contribution in [2.24, 2.45) is 0 Å². The van der Waals surface area contributed by atoms with Gasteiger partial charge in [-0.05, 0) is 37.2 Å². The largest absolute Gasteiger partial charge is 0.343 e. The van der Waals surface area contributed by atoms with E-state index in [4.69, 9.17) is 0 Å². The van der Waals surface area contributed by atoms with E-state index in [9.17, 15) is 4.79 Å². The van der Waals surface area contributed by atoms with Gasteiger partial charge in [0, 0.05) is 19.6 Å². The highest BCUT2D eigenvalue weighted by Gasteiger charge is 2.13. The molecule has 0 aliphatic rings. The Labute approximate surface area is 124 Å². The molecule has 7 nitrogen and oxygen atoms in total. The van der Waals surface area contributed by atoms with Gasteiger partial charge in [0.15, 0.2) is 0 Å². The zero-order valence-electron chi connectivity index (χ0n) is 12.5. The molecule has 114 valence electrons. The predicted molar refractivity (Wildman–Crippen MR) is 79.6 cm³/mol. The Kier molecular flexibility index (Phi) is 8.20. The summed E-state index contributed by atoms with van der Waals surface area (Å²) in [7, 11) is 0. The van der Waals surface area contributed by atoms with Crippen molar-refractivity contribution in [3.8, 4) is 0 Å². The van der Waals surface area contributed by atoms with Gasteiger partial charge in [-0.2, -0.15) is 0 Å². The van der Waals surface area contributed by atoms with Gasteiger partial charge in [-0.1, -0.05) is 18.7 Å². The van der Waals surface area contributed by atoms with Crippen LogP contribution >= 0.6 is 11.8 Å². The second kappa shape index (κ2) is 9.71. The van der Waals surface area contributed by atoms with E-state index in [-0.39, 0.29) is 5.91 Å². The lowest BCUT2D eigenvalue weighted by Gasteiger charge is -2.17. The molecule has 0 atom stereocenters. The van der Waals surface area contributed by atoms with E-state index >= 15 is 0 Å². The van der Waals surface area contributed by atoms with Crippen LogP contribution in [-0.2, 0) is 11.3 Å². The molecular weight excluding hydrogens is 276 g/mol. The van der Waals surface area contributed by atoms with Crippen molar-refractivity contribution in [1.82, 2.24) is 30.4 Å². The van der Waals surface area contributed by atoms with Crippen LogP contribution in [0, 0.1) is 0 Å². The Balaban J connectivity index is 2.40. The van der Waals surface area contributed by atoms with E-state index in [2.05, 4.69) is 27.8 Å². The molecule has 0 unspecified atom stereocenters. The van der Waals surface area contributed by atoms with E-state index in [0.29, 0.717) is 10.9 Å². The number of nitrogens with zero attached hydrogens (tertiary/aromatic N) is 5. The molecule has 8 heteroatoms. The van der Waals surface area contributed by atoms with E-state index in [1.165, 1.54) is 11.8 Å². The first-order chi connectivity index (χ1) is 9.72. The summed E-state index contributed by atoms with van der Waals surface area (Å²) in [5, 5.41) is 15.6. The van der Waals surface area contributed by atoms with Gasteiger partial charge in [0.05, 0.1) is 12.3 Å². The summed E-state index contributed by atoms with van der Waals surface area (Å²) < 4.78 is 1.74. The SMILES string of the molecule is CCCNCCn1nnnc1SCC(=O)N(CC)CC. The normalized spacial score (nSPS) is 10.8. The topological polar surface area (TPSA) is 75.9 Å². The average Bonchev–Trinajstić information content (AvgIpc) is 2.90. The second-order valence-electron chi connectivity index (χ2n) is 4.29. The van der Waals surface area contributed by atoms with Gasteiger partial charge in [0.1, 0.15) is 0 Å². The zero-order valence-corrected chi connectivity index (χ0v) is 13.3. The molecule has 0 aliphatic carbocycles. The molecule has 1 amide bonds. The van der Waals surface area contributed by atoms with Gasteiger partial charge in [-0.15, -0.1) is 5.10 Å². The van der Waals surface area contributed by atoms with Crippen LogP contribution in [0.5, 0.6) is 0 Å². The van der Waals surface area contributed by atoms with Crippen LogP contribution in [0.25, 0.3) is 0 Å². The third-order valence-electron chi connectivity index (χ3n) is 2.87. The van der Waals surface area contributed by atoms with Gasteiger partial charge >= 0.3 is 0 Å². The van der Waals surface area contributed by atoms with Gasteiger partial charge in [0.2, 0.25) is 11.1 Å². The molecule has 1 N–H and O–H groups in total. The summed E-state index contributed by atoms with van der Waals surface area (Å²) in [5.74, 6) is 0.503. The second-order valence-corrected chi connectivity index (χ2v) is 5.23. The highest BCUT2D eigenvalue weighted by molar-refractivity contribution is 7.99. The number of tetrazole rings is 1. The van der Waals surface area contributed by atoms with Crippen LogP contribution in [0.4, 0.5) is 0 Å². The van der Waals surface area contributed by atoms with Crippen LogP contribution in [0.15, 0.2) is 5.16 Å². The van der Waals surface area contributed by atoms with Crippen molar-refractivity contribution in [3.63, 3.8) is 0 Å². The summed E-state index contributed by atoms with van der Waals surface area (Å²) in [6, 6.07) is 0. The molecule has 0 fully saturated rings. The van der Waals surface area contributed by atoms with E-state index in [1.807, 2.05) is 18.7 Å². The Bertz CT molecular complexity index is 393. The third-order valence-corrected chi connectivity index (χ3v) is 3.81. The van der Waals surface area contributed by atoms with Crippen molar-refractivity contribution < 1.29 is 4.79 Å². The van der Waals surface area contributed by atoms with Crippen molar-refractivity contribution in [2.45, 2.75) is 38.9 Å². The summed E-state index contributed by atoms with van der Waals surface area (Å²) in [6.07, 6.45) is 1.11. The first kappa shape index (κ1) is 16.9. The minimum Gasteiger partial charge on any atom is -0.343 e. The van der Waals surface area contributed by atoms with Gasteiger partial charge < -0.3 is 10.2 Å². The average molecular weight is 300 g/mol. The maximum atomic E-state index is 11.9. The molecule has 1 heterocycles. The van der Waals surface area contributed by atoms with E-state index < -0.39 is 0 Å². The molecular formula is C12H24N6OS. The Morgan fingerprint density at radius 1 is 1.30 bits per heavy atom.